The molecule has 0 fully saturated rings. The molecule has 0 spiro atoms. The fourth-order valence-corrected chi connectivity index (χ4v) is 2.10. The summed E-state index contributed by atoms with van der Waals surface area (Å²) >= 11 is 0. The van der Waals surface area contributed by atoms with Gasteiger partial charge in [-0.05, 0) is 18.6 Å². The molecule has 0 atom stereocenters. The number of fused-ring (bicyclic) bond motifs is 1. The van der Waals surface area contributed by atoms with E-state index in [9.17, 15) is 9.59 Å². The molecule has 0 aliphatic rings. The van der Waals surface area contributed by atoms with E-state index in [1.54, 1.807) is 0 Å². The lowest BCUT2D eigenvalue weighted by Gasteiger charge is -2.05. The average molecular weight is 288 g/mol. The van der Waals surface area contributed by atoms with Gasteiger partial charge in [0.2, 0.25) is 11.8 Å². The minimum absolute atomic E-state index is 0.0447. The number of pyridine rings is 1. The van der Waals surface area contributed by atoms with Gasteiger partial charge in [0.25, 0.3) is 0 Å². The highest BCUT2D eigenvalue weighted by Gasteiger charge is 2.04. The van der Waals surface area contributed by atoms with Crippen LogP contribution in [0, 0.1) is 0 Å². The Kier molecular flexibility index (Phi) is 5.31. The fourth-order valence-electron chi connectivity index (χ4n) is 2.10. The van der Waals surface area contributed by atoms with Gasteiger partial charge in [0.15, 0.2) is 0 Å². The second-order valence-corrected chi connectivity index (χ2v) is 4.86. The Balaban J connectivity index is 1.68. The maximum absolute atomic E-state index is 11.5. The number of rotatable bonds is 7. The number of hydrogen-bond donors (Lipinski definition) is 2. The molecule has 0 aliphatic heterocycles. The summed E-state index contributed by atoms with van der Waals surface area (Å²) in [6.07, 6.45) is 5.79. The molecule has 6 heteroatoms. The summed E-state index contributed by atoms with van der Waals surface area (Å²) in [5.41, 5.74) is 1.08. The summed E-state index contributed by atoms with van der Waals surface area (Å²) in [7, 11) is 0. The van der Waals surface area contributed by atoms with Crippen LogP contribution < -0.4 is 10.6 Å². The third-order valence-electron chi connectivity index (χ3n) is 3.14. The van der Waals surface area contributed by atoms with E-state index in [-0.39, 0.29) is 11.8 Å². The molecule has 2 heterocycles. The number of nitrogens with one attached hydrogen (secondary N) is 2. The first-order chi connectivity index (χ1) is 10.2. The molecule has 2 aromatic heterocycles. The molecule has 0 unspecified atom stereocenters. The smallest absolute Gasteiger partial charge is 0.221 e. The third kappa shape index (κ3) is 4.59. The molecule has 0 bridgehead atoms. The lowest BCUT2D eigenvalue weighted by molar-refractivity contribution is -0.121. The quantitative estimate of drug-likeness (QED) is 0.744. The predicted molar refractivity (Wildman–Crippen MR) is 79.8 cm³/mol. The standard InChI is InChI=1S/C15H20N4O2/c1-12(20)16-9-7-15(21)17-8-4-6-14-18-11-13-5-2-3-10-19(13)14/h2-3,5,10-11H,4,6-9H2,1H3,(H,16,20)(H,17,21). The summed E-state index contributed by atoms with van der Waals surface area (Å²) < 4.78 is 2.05. The zero-order chi connectivity index (χ0) is 15.1. The Bertz CT molecular complexity index is 621. The van der Waals surface area contributed by atoms with Gasteiger partial charge in [-0.2, -0.15) is 0 Å². The van der Waals surface area contributed by atoms with Crippen molar-refractivity contribution in [3.05, 3.63) is 36.4 Å². The summed E-state index contributed by atoms with van der Waals surface area (Å²) in [6.45, 7) is 2.43. The van der Waals surface area contributed by atoms with Crippen molar-refractivity contribution >= 4 is 17.3 Å². The number of imidazole rings is 1. The molecule has 2 amide bonds. The number of hydrogen-bond acceptors (Lipinski definition) is 3. The van der Waals surface area contributed by atoms with Gasteiger partial charge in [-0.25, -0.2) is 4.98 Å². The van der Waals surface area contributed by atoms with E-state index in [4.69, 9.17) is 0 Å². The van der Waals surface area contributed by atoms with Gasteiger partial charge in [-0.3, -0.25) is 9.59 Å². The maximum atomic E-state index is 11.5. The van der Waals surface area contributed by atoms with Gasteiger partial charge < -0.3 is 15.0 Å². The summed E-state index contributed by atoms with van der Waals surface area (Å²) in [5.74, 6) is 0.837. The first-order valence-corrected chi connectivity index (χ1v) is 7.09. The van der Waals surface area contributed by atoms with Crippen LogP contribution in [0.25, 0.3) is 5.52 Å². The van der Waals surface area contributed by atoms with Gasteiger partial charge in [0.1, 0.15) is 5.82 Å². The van der Waals surface area contributed by atoms with Crippen molar-refractivity contribution in [3.63, 3.8) is 0 Å². The van der Waals surface area contributed by atoms with Crippen molar-refractivity contribution in [2.45, 2.75) is 26.2 Å². The van der Waals surface area contributed by atoms with Crippen LogP contribution >= 0.6 is 0 Å². The third-order valence-corrected chi connectivity index (χ3v) is 3.14. The zero-order valence-electron chi connectivity index (χ0n) is 12.1. The molecular weight excluding hydrogens is 268 g/mol. The molecule has 6 nitrogen and oxygen atoms in total. The normalized spacial score (nSPS) is 10.5. The molecule has 0 saturated heterocycles. The first kappa shape index (κ1) is 15.0. The molecule has 0 aromatic carbocycles. The summed E-state index contributed by atoms with van der Waals surface area (Å²) in [6, 6.07) is 5.97. The Morgan fingerprint density at radius 2 is 2.10 bits per heavy atom. The highest BCUT2D eigenvalue weighted by atomic mass is 16.2. The van der Waals surface area contributed by atoms with Crippen LogP contribution in [0.5, 0.6) is 0 Å². The van der Waals surface area contributed by atoms with E-state index in [0.29, 0.717) is 19.5 Å². The number of amides is 2. The van der Waals surface area contributed by atoms with E-state index in [2.05, 4.69) is 20.0 Å². The van der Waals surface area contributed by atoms with Crippen LogP contribution in [0.15, 0.2) is 30.6 Å². The lowest BCUT2D eigenvalue weighted by Crippen LogP contribution is -2.30. The van der Waals surface area contributed by atoms with E-state index in [1.165, 1.54) is 6.92 Å². The monoisotopic (exact) mass is 288 g/mol. The molecule has 112 valence electrons. The van der Waals surface area contributed by atoms with Crippen LogP contribution in [-0.2, 0) is 16.0 Å². The van der Waals surface area contributed by atoms with Gasteiger partial charge in [-0.1, -0.05) is 6.07 Å². The SMILES string of the molecule is CC(=O)NCCC(=O)NCCCc1ncc2ccccn12. The molecule has 0 saturated carbocycles. The topological polar surface area (TPSA) is 75.5 Å². The largest absolute Gasteiger partial charge is 0.356 e. The number of aryl methyl sites for hydroxylation is 1. The fraction of sp³-hybridized carbons (Fsp3) is 0.400. The van der Waals surface area contributed by atoms with Crippen LogP contribution in [0.3, 0.4) is 0 Å². The van der Waals surface area contributed by atoms with E-state index < -0.39 is 0 Å². The second-order valence-electron chi connectivity index (χ2n) is 4.86. The molecule has 21 heavy (non-hydrogen) atoms. The molecular formula is C15H20N4O2. The van der Waals surface area contributed by atoms with Crippen LogP contribution in [0.4, 0.5) is 0 Å². The first-order valence-electron chi connectivity index (χ1n) is 7.09. The second kappa shape index (κ2) is 7.42. The highest BCUT2D eigenvalue weighted by molar-refractivity contribution is 5.77. The number of carbonyl (C=O) groups is 2. The Labute approximate surface area is 123 Å². The minimum atomic E-state index is -0.117. The Morgan fingerprint density at radius 3 is 2.90 bits per heavy atom. The molecule has 2 rings (SSSR count). The summed E-state index contributed by atoms with van der Waals surface area (Å²) in [4.78, 5) is 26.6. The van der Waals surface area contributed by atoms with Crippen molar-refractivity contribution in [2.75, 3.05) is 13.1 Å². The van der Waals surface area contributed by atoms with Crippen molar-refractivity contribution in [1.29, 1.82) is 0 Å². The molecule has 0 radical (unpaired) electrons. The zero-order valence-corrected chi connectivity index (χ0v) is 12.1. The van der Waals surface area contributed by atoms with E-state index in [1.807, 2.05) is 30.6 Å². The Morgan fingerprint density at radius 1 is 1.24 bits per heavy atom. The highest BCUT2D eigenvalue weighted by Crippen LogP contribution is 2.07. The van der Waals surface area contributed by atoms with Crippen molar-refractivity contribution in [2.24, 2.45) is 0 Å². The van der Waals surface area contributed by atoms with Crippen molar-refractivity contribution in [3.8, 4) is 0 Å². The Hall–Kier alpha value is -2.37. The maximum Gasteiger partial charge on any atom is 0.221 e. The number of carbonyl (C=O) groups excluding carboxylic acids is 2. The summed E-state index contributed by atoms with van der Waals surface area (Å²) in [5, 5.41) is 5.44. The number of aromatic nitrogens is 2. The molecule has 0 aliphatic carbocycles. The number of nitrogens with zero attached hydrogens (tertiary/aromatic N) is 2. The van der Waals surface area contributed by atoms with Gasteiger partial charge in [0.05, 0.1) is 11.7 Å². The van der Waals surface area contributed by atoms with Gasteiger partial charge >= 0.3 is 0 Å². The van der Waals surface area contributed by atoms with Gasteiger partial charge in [0, 0.05) is 39.1 Å². The minimum Gasteiger partial charge on any atom is -0.356 e. The predicted octanol–water partition coefficient (Wildman–Crippen LogP) is 0.909. The van der Waals surface area contributed by atoms with E-state index >= 15 is 0 Å². The average Bonchev–Trinajstić information content (AvgIpc) is 2.86. The molecule has 2 N–H and O–H groups in total. The van der Waals surface area contributed by atoms with Crippen LogP contribution in [0.1, 0.15) is 25.6 Å². The van der Waals surface area contributed by atoms with Crippen molar-refractivity contribution < 1.29 is 9.59 Å². The van der Waals surface area contributed by atoms with Crippen LogP contribution in [-0.4, -0.2) is 34.3 Å². The van der Waals surface area contributed by atoms with E-state index in [0.717, 1.165) is 24.2 Å². The van der Waals surface area contributed by atoms with Gasteiger partial charge in [-0.15, -0.1) is 0 Å². The van der Waals surface area contributed by atoms with Crippen LogP contribution in [0.2, 0.25) is 0 Å². The lowest BCUT2D eigenvalue weighted by atomic mass is 10.3. The van der Waals surface area contributed by atoms with Crippen molar-refractivity contribution in [1.82, 2.24) is 20.0 Å². The molecule has 2 aromatic rings.